The molecule has 6 nitrogen and oxygen atoms in total. The number of benzene rings is 2. The zero-order valence-electron chi connectivity index (χ0n) is 18.0. The average molecular weight is 411 g/mol. The van der Waals surface area contributed by atoms with Gasteiger partial charge in [0.25, 0.3) is 11.8 Å². The number of carbonyl (C=O) groups is 2. The molecule has 0 spiro atoms. The van der Waals surface area contributed by atoms with Crippen LogP contribution in [0, 0.1) is 13.8 Å². The molecule has 1 fully saturated rings. The molecule has 6 heteroatoms. The van der Waals surface area contributed by atoms with Crippen LogP contribution in [0.25, 0.3) is 0 Å². The molecule has 1 aliphatic rings. The van der Waals surface area contributed by atoms with Crippen molar-refractivity contribution in [3.05, 3.63) is 59.2 Å². The lowest BCUT2D eigenvalue weighted by molar-refractivity contribution is -0.133. The van der Waals surface area contributed by atoms with Gasteiger partial charge in [0.15, 0.2) is 18.1 Å². The molecule has 0 saturated carbocycles. The molecule has 30 heavy (non-hydrogen) atoms. The second kappa shape index (κ2) is 10.1. The monoisotopic (exact) mass is 410 g/mol. The highest BCUT2D eigenvalue weighted by atomic mass is 16.5. The Balaban J connectivity index is 1.56. The Morgan fingerprint density at radius 1 is 0.867 bits per heavy atom. The first-order valence-electron chi connectivity index (χ1n) is 10.5. The first kappa shape index (κ1) is 21.7. The van der Waals surface area contributed by atoms with E-state index in [1.165, 1.54) is 5.56 Å². The molecule has 0 atom stereocenters. The molecule has 160 valence electrons. The van der Waals surface area contributed by atoms with E-state index in [-0.39, 0.29) is 18.4 Å². The maximum atomic E-state index is 12.9. The van der Waals surface area contributed by atoms with Crippen molar-refractivity contribution in [1.82, 2.24) is 9.80 Å². The van der Waals surface area contributed by atoms with Gasteiger partial charge in [-0.2, -0.15) is 0 Å². The number of hydrogen-bond acceptors (Lipinski definition) is 4. The Morgan fingerprint density at radius 3 is 2.23 bits per heavy atom. The molecule has 0 aliphatic carbocycles. The third-order valence-corrected chi connectivity index (χ3v) is 5.39. The van der Waals surface area contributed by atoms with E-state index in [1.807, 2.05) is 62.1 Å². The van der Waals surface area contributed by atoms with E-state index in [9.17, 15) is 9.59 Å². The van der Waals surface area contributed by atoms with Gasteiger partial charge in [0, 0.05) is 31.7 Å². The SMILES string of the molecule is CCOc1ccccc1OCC(=O)N1CCCN(C(=O)c2ccc(C)c(C)c2)CC1. The van der Waals surface area contributed by atoms with Crippen LogP contribution in [0.2, 0.25) is 0 Å². The van der Waals surface area contributed by atoms with Crippen molar-refractivity contribution in [2.75, 3.05) is 39.4 Å². The van der Waals surface area contributed by atoms with Crippen LogP contribution in [0.4, 0.5) is 0 Å². The van der Waals surface area contributed by atoms with E-state index in [2.05, 4.69) is 0 Å². The Labute approximate surface area is 178 Å². The van der Waals surface area contributed by atoms with Crippen molar-refractivity contribution in [3.8, 4) is 11.5 Å². The van der Waals surface area contributed by atoms with Crippen molar-refractivity contribution >= 4 is 11.8 Å². The third kappa shape index (κ3) is 5.32. The summed E-state index contributed by atoms with van der Waals surface area (Å²) < 4.78 is 11.3. The van der Waals surface area contributed by atoms with Crippen LogP contribution in [0.1, 0.15) is 34.8 Å². The van der Waals surface area contributed by atoms with Crippen LogP contribution in [0.15, 0.2) is 42.5 Å². The zero-order chi connectivity index (χ0) is 21.5. The molecule has 0 bridgehead atoms. The van der Waals surface area contributed by atoms with Crippen LogP contribution in [0.3, 0.4) is 0 Å². The van der Waals surface area contributed by atoms with Crippen LogP contribution in [0.5, 0.6) is 11.5 Å². The van der Waals surface area contributed by atoms with Gasteiger partial charge in [-0.15, -0.1) is 0 Å². The zero-order valence-corrected chi connectivity index (χ0v) is 18.0. The van der Waals surface area contributed by atoms with Crippen molar-refractivity contribution in [2.24, 2.45) is 0 Å². The molecule has 1 saturated heterocycles. The van der Waals surface area contributed by atoms with Crippen LogP contribution >= 0.6 is 0 Å². The minimum Gasteiger partial charge on any atom is -0.490 e. The van der Waals surface area contributed by atoms with Gasteiger partial charge in [-0.1, -0.05) is 18.2 Å². The molecule has 2 aromatic carbocycles. The average Bonchev–Trinajstić information content (AvgIpc) is 3.01. The van der Waals surface area contributed by atoms with E-state index in [0.29, 0.717) is 49.8 Å². The smallest absolute Gasteiger partial charge is 0.260 e. The topological polar surface area (TPSA) is 59.1 Å². The number of para-hydroxylation sites is 2. The van der Waals surface area contributed by atoms with E-state index < -0.39 is 0 Å². The lowest BCUT2D eigenvalue weighted by Crippen LogP contribution is -2.39. The molecule has 2 amide bonds. The maximum absolute atomic E-state index is 12.9. The van der Waals surface area contributed by atoms with Gasteiger partial charge < -0.3 is 19.3 Å². The van der Waals surface area contributed by atoms with E-state index in [1.54, 1.807) is 11.0 Å². The Bertz CT molecular complexity index is 897. The van der Waals surface area contributed by atoms with Gasteiger partial charge in [-0.25, -0.2) is 0 Å². The van der Waals surface area contributed by atoms with E-state index in [0.717, 1.165) is 12.0 Å². The number of amides is 2. The van der Waals surface area contributed by atoms with Gasteiger partial charge in [0.1, 0.15) is 0 Å². The number of rotatable bonds is 6. The molecular weight excluding hydrogens is 380 g/mol. The predicted octanol–water partition coefficient (Wildman–Crippen LogP) is 3.46. The fourth-order valence-electron chi connectivity index (χ4n) is 3.50. The summed E-state index contributed by atoms with van der Waals surface area (Å²) in [5.74, 6) is 1.14. The lowest BCUT2D eigenvalue weighted by atomic mass is 10.1. The molecule has 0 unspecified atom stereocenters. The molecule has 1 aliphatic heterocycles. The standard InChI is InChI=1S/C24H30N2O4/c1-4-29-21-8-5-6-9-22(21)30-17-23(27)25-12-7-13-26(15-14-25)24(28)20-11-10-18(2)19(3)16-20/h5-6,8-11,16H,4,7,12-15,17H2,1-3H3. The molecule has 0 radical (unpaired) electrons. The fraction of sp³-hybridized carbons (Fsp3) is 0.417. The summed E-state index contributed by atoms with van der Waals surface area (Å²) in [6.07, 6.45) is 0.748. The Kier molecular flexibility index (Phi) is 7.33. The molecular formula is C24H30N2O4. The molecule has 0 N–H and O–H groups in total. The summed E-state index contributed by atoms with van der Waals surface area (Å²) in [6.45, 7) is 8.73. The number of nitrogens with zero attached hydrogens (tertiary/aromatic N) is 2. The summed E-state index contributed by atoms with van der Waals surface area (Å²) in [4.78, 5) is 29.2. The van der Waals surface area contributed by atoms with Crippen LogP contribution in [-0.4, -0.2) is 61.0 Å². The van der Waals surface area contributed by atoms with Gasteiger partial charge in [0.05, 0.1) is 6.61 Å². The minimum absolute atomic E-state index is 0.0225. The number of hydrogen-bond donors (Lipinski definition) is 0. The predicted molar refractivity (Wildman–Crippen MR) is 116 cm³/mol. The first-order valence-corrected chi connectivity index (χ1v) is 10.5. The second-order valence-electron chi connectivity index (χ2n) is 7.49. The largest absolute Gasteiger partial charge is 0.490 e. The molecule has 2 aromatic rings. The first-order chi connectivity index (χ1) is 14.5. The summed E-state index contributed by atoms with van der Waals surface area (Å²) >= 11 is 0. The summed E-state index contributed by atoms with van der Waals surface area (Å²) in [7, 11) is 0. The summed E-state index contributed by atoms with van der Waals surface area (Å²) in [5, 5.41) is 0. The lowest BCUT2D eigenvalue weighted by Gasteiger charge is -2.23. The van der Waals surface area contributed by atoms with Crippen molar-refractivity contribution in [1.29, 1.82) is 0 Å². The van der Waals surface area contributed by atoms with Gasteiger partial charge >= 0.3 is 0 Å². The van der Waals surface area contributed by atoms with Crippen molar-refractivity contribution in [2.45, 2.75) is 27.2 Å². The maximum Gasteiger partial charge on any atom is 0.260 e. The van der Waals surface area contributed by atoms with Crippen LogP contribution < -0.4 is 9.47 Å². The van der Waals surface area contributed by atoms with Gasteiger partial charge in [-0.05, 0) is 62.6 Å². The van der Waals surface area contributed by atoms with Gasteiger partial charge in [0.2, 0.25) is 0 Å². The highest BCUT2D eigenvalue weighted by Gasteiger charge is 2.23. The van der Waals surface area contributed by atoms with Crippen LogP contribution in [-0.2, 0) is 4.79 Å². The number of ether oxygens (including phenoxy) is 2. The van der Waals surface area contributed by atoms with E-state index >= 15 is 0 Å². The fourth-order valence-corrected chi connectivity index (χ4v) is 3.50. The number of carbonyl (C=O) groups excluding carboxylic acids is 2. The quantitative estimate of drug-likeness (QED) is 0.732. The van der Waals surface area contributed by atoms with Gasteiger partial charge in [-0.3, -0.25) is 9.59 Å². The molecule has 3 rings (SSSR count). The summed E-state index contributed by atoms with van der Waals surface area (Å²) in [5.41, 5.74) is 2.98. The summed E-state index contributed by atoms with van der Waals surface area (Å²) in [6, 6.07) is 13.1. The highest BCUT2D eigenvalue weighted by Crippen LogP contribution is 2.26. The minimum atomic E-state index is -0.0817. The van der Waals surface area contributed by atoms with Crippen molar-refractivity contribution in [3.63, 3.8) is 0 Å². The van der Waals surface area contributed by atoms with E-state index in [4.69, 9.17) is 9.47 Å². The Morgan fingerprint density at radius 2 is 1.53 bits per heavy atom. The Hall–Kier alpha value is -3.02. The molecule has 0 aromatic heterocycles. The molecule has 1 heterocycles. The second-order valence-corrected chi connectivity index (χ2v) is 7.49. The van der Waals surface area contributed by atoms with Crippen molar-refractivity contribution < 1.29 is 19.1 Å². The number of aryl methyl sites for hydroxylation is 2. The normalized spacial score (nSPS) is 14.2. The highest BCUT2D eigenvalue weighted by molar-refractivity contribution is 5.94. The third-order valence-electron chi connectivity index (χ3n) is 5.39.